The highest BCUT2D eigenvalue weighted by atomic mass is 28.3. The van der Waals surface area contributed by atoms with Gasteiger partial charge in [-0.05, 0) is 6.04 Å². The van der Waals surface area contributed by atoms with Crippen LogP contribution in [0.5, 0.6) is 0 Å². The molecule has 0 radical (unpaired) electrons. The summed E-state index contributed by atoms with van der Waals surface area (Å²) in [5.74, 6) is -0.387. The highest BCUT2D eigenvalue weighted by Crippen LogP contribution is 1.91. The Kier molecular flexibility index (Phi) is 7.63. The second-order valence-corrected chi connectivity index (χ2v) is 6.53. The fourth-order valence-corrected chi connectivity index (χ4v) is 1.32. The Morgan fingerprint density at radius 1 is 1.38 bits per heavy atom. The zero-order valence-electron chi connectivity index (χ0n) is 8.41. The number of carbonyl (C=O) groups excluding carboxylic acids is 1. The summed E-state index contributed by atoms with van der Waals surface area (Å²) < 4.78 is 9.99. The van der Waals surface area contributed by atoms with Gasteiger partial charge in [0.15, 0.2) is 0 Å². The standard InChI is InChI=1S/C9H18O3Si/c1-4-9(10)12-6-5-11-7-8-13(2)3/h4,13H,1,5-8H2,2-3H3. The molecule has 0 fully saturated rings. The molecule has 0 N–H and O–H groups in total. The van der Waals surface area contributed by atoms with Gasteiger partial charge in [-0.3, -0.25) is 0 Å². The van der Waals surface area contributed by atoms with Crippen molar-refractivity contribution >= 4 is 14.8 Å². The fourth-order valence-electron chi connectivity index (χ4n) is 0.681. The Labute approximate surface area is 81.3 Å². The van der Waals surface area contributed by atoms with E-state index in [9.17, 15) is 4.79 Å². The molecule has 0 aliphatic heterocycles. The largest absolute Gasteiger partial charge is 0.460 e. The predicted octanol–water partition coefficient (Wildman–Crippen LogP) is 1.22. The van der Waals surface area contributed by atoms with Gasteiger partial charge in [-0.25, -0.2) is 4.79 Å². The number of esters is 1. The molecule has 0 rings (SSSR count). The van der Waals surface area contributed by atoms with Crippen LogP contribution < -0.4 is 0 Å². The lowest BCUT2D eigenvalue weighted by atomic mass is 10.6. The maximum Gasteiger partial charge on any atom is 0.330 e. The summed E-state index contributed by atoms with van der Waals surface area (Å²) in [5.41, 5.74) is 0. The molecule has 0 aromatic carbocycles. The number of hydrogen-bond donors (Lipinski definition) is 0. The number of rotatable bonds is 7. The molecule has 0 spiro atoms. The summed E-state index contributed by atoms with van der Waals surface area (Å²) in [7, 11) is -0.497. The normalized spacial score (nSPS) is 10.1. The fraction of sp³-hybridized carbons (Fsp3) is 0.667. The van der Waals surface area contributed by atoms with Crippen molar-refractivity contribution in [2.75, 3.05) is 19.8 Å². The molecule has 0 saturated heterocycles. The molecule has 0 aromatic heterocycles. The lowest BCUT2D eigenvalue weighted by molar-refractivity contribution is -0.139. The van der Waals surface area contributed by atoms with Crippen LogP contribution in [-0.4, -0.2) is 34.6 Å². The zero-order chi connectivity index (χ0) is 10.1. The van der Waals surface area contributed by atoms with Crippen molar-refractivity contribution in [3.63, 3.8) is 0 Å². The van der Waals surface area contributed by atoms with Crippen LogP contribution in [0.3, 0.4) is 0 Å². The third-order valence-corrected chi connectivity index (χ3v) is 2.87. The number of carbonyl (C=O) groups is 1. The zero-order valence-corrected chi connectivity index (χ0v) is 9.57. The van der Waals surface area contributed by atoms with Crippen LogP contribution in [0, 0.1) is 0 Å². The highest BCUT2D eigenvalue weighted by Gasteiger charge is 1.97. The summed E-state index contributed by atoms with van der Waals surface area (Å²) in [6, 6.07) is 1.18. The van der Waals surface area contributed by atoms with Crippen molar-refractivity contribution in [3.05, 3.63) is 12.7 Å². The molecule has 0 bridgehead atoms. The maximum atomic E-state index is 10.6. The lowest BCUT2D eigenvalue weighted by Crippen LogP contribution is -2.11. The number of hydrogen-bond acceptors (Lipinski definition) is 3. The summed E-state index contributed by atoms with van der Waals surface area (Å²) >= 11 is 0. The van der Waals surface area contributed by atoms with E-state index in [1.165, 1.54) is 6.04 Å². The molecular formula is C9H18O3Si. The minimum absolute atomic E-state index is 0.324. The van der Waals surface area contributed by atoms with Crippen molar-refractivity contribution in [3.8, 4) is 0 Å². The van der Waals surface area contributed by atoms with Gasteiger partial charge in [0, 0.05) is 21.5 Å². The monoisotopic (exact) mass is 202 g/mol. The molecule has 76 valence electrons. The Balaban J connectivity index is 3.08. The van der Waals surface area contributed by atoms with E-state index >= 15 is 0 Å². The first-order valence-corrected chi connectivity index (χ1v) is 7.66. The third-order valence-electron chi connectivity index (χ3n) is 1.48. The van der Waals surface area contributed by atoms with Crippen molar-refractivity contribution in [1.29, 1.82) is 0 Å². The topological polar surface area (TPSA) is 35.5 Å². The van der Waals surface area contributed by atoms with E-state index in [1.54, 1.807) is 0 Å². The van der Waals surface area contributed by atoms with Crippen LogP contribution in [-0.2, 0) is 14.3 Å². The van der Waals surface area contributed by atoms with E-state index < -0.39 is 8.80 Å². The molecule has 0 heterocycles. The quantitative estimate of drug-likeness (QED) is 0.269. The van der Waals surface area contributed by atoms with Crippen LogP contribution in [0.1, 0.15) is 0 Å². The molecule has 0 aliphatic carbocycles. The van der Waals surface area contributed by atoms with E-state index in [1.807, 2.05) is 0 Å². The first kappa shape index (κ1) is 12.4. The van der Waals surface area contributed by atoms with Crippen LogP contribution in [0.2, 0.25) is 19.1 Å². The SMILES string of the molecule is C=CC(=O)OCCOCC[SiH](C)C. The molecule has 3 nitrogen and oxygen atoms in total. The first-order valence-electron chi connectivity index (χ1n) is 4.53. The smallest absolute Gasteiger partial charge is 0.330 e. The molecule has 4 heteroatoms. The van der Waals surface area contributed by atoms with E-state index in [2.05, 4.69) is 19.7 Å². The van der Waals surface area contributed by atoms with Gasteiger partial charge < -0.3 is 9.47 Å². The summed E-state index contributed by atoms with van der Waals surface area (Å²) in [5, 5.41) is 0. The van der Waals surface area contributed by atoms with Gasteiger partial charge in [0.25, 0.3) is 0 Å². The lowest BCUT2D eigenvalue weighted by Gasteiger charge is -2.05. The van der Waals surface area contributed by atoms with Gasteiger partial charge in [-0.1, -0.05) is 19.7 Å². The van der Waals surface area contributed by atoms with Crippen molar-refractivity contribution < 1.29 is 14.3 Å². The van der Waals surface area contributed by atoms with Crippen molar-refractivity contribution in [2.45, 2.75) is 19.1 Å². The van der Waals surface area contributed by atoms with Crippen LogP contribution in [0.25, 0.3) is 0 Å². The molecular weight excluding hydrogens is 184 g/mol. The molecule has 13 heavy (non-hydrogen) atoms. The summed E-state index contributed by atoms with van der Waals surface area (Å²) in [6.07, 6.45) is 1.15. The van der Waals surface area contributed by atoms with E-state index in [0.29, 0.717) is 13.2 Å². The Morgan fingerprint density at radius 2 is 2.08 bits per heavy atom. The minimum Gasteiger partial charge on any atom is -0.460 e. The molecule has 0 unspecified atom stereocenters. The average Bonchev–Trinajstić information content (AvgIpc) is 2.10. The molecule has 0 saturated carbocycles. The van der Waals surface area contributed by atoms with E-state index in [-0.39, 0.29) is 5.97 Å². The van der Waals surface area contributed by atoms with Crippen molar-refractivity contribution in [2.24, 2.45) is 0 Å². The third kappa shape index (κ3) is 9.30. The molecule has 0 amide bonds. The summed E-state index contributed by atoms with van der Waals surface area (Å²) in [4.78, 5) is 10.6. The highest BCUT2D eigenvalue weighted by molar-refractivity contribution is 6.55. The van der Waals surface area contributed by atoms with Crippen LogP contribution >= 0.6 is 0 Å². The van der Waals surface area contributed by atoms with Gasteiger partial charge >= 0.3 is 5.97 Å². The molecule has 0 atom stereocenters. The maximum absolute atomic E-state index is 10.6. The Hall–Kier alpha value is -0.613. The Bertz CT molecular complexity index is 157. The predicted molar refractivity (Wildman–Crippen MR) is 55.7 cm³/mol. The van der Waals surface area contributed by atoms with Crippen LogP contribution in [0.4, 0.5) is 0 Å². The van der Waals surface area contributed by atoms with Gasteiger partial charge in [0.05, 0.1) is 6.61 Å². The van der Waals surface area contributed by atoms with Crippen LogP contribution in [0.15, 0.2) is 12.7 Å². The first-order chi connectivity index (χ1) is 6.16. The van der Waals surface area contributed by atoms with Crippen molar-refractivity contribution in [1.82, 2.24) is 0 Å². The van der Waals surface area contributed by atoms with Gasteiger partial charge in [0.2, 0.25) is 0 Å². The van der Waals surface area contributed by atoms with Gasteiger partial charge in [-0.2, -0.15) is 0 Å². The van der Waals surface area contributed by atoms with Gasteiger partial charge in [0.1, 0.15) is 6.61 Å². The summed E-state index contributed by atoms with van der Waals surface area (Å²) in [6.45, 7) is 9.44. The molecule has 0 aliphatic rings. The minimum atomic E-state index is -0.497. The average molecular weight is 202 g/mol. The second kappa shape index (κ2) is 8.01. The number of ether oxygens (including phenoxy) is 2. The van der Waals surface area contributed by atoms with Gasteiger partial charge in [-0.15, -0.1) is 0 Å². The van der Waals surface area contributed by atoms with E-state index in [0.717, 1.165) is 12.7 Å². The van der Waals surface area contributed by atoms with E-state index in [4.69, 9.17) is 9.47 Å². The Morgan fingerprint density at radius 3 is 2.62 bits per heavy atom. The molecule has 0 aromatic rings. The second-order valence-electron chi connectivity index (χ2n) is 3.17.